The van der Waals surface area contributed by atoms with Crippen LogP contribution in [0.15, 0.2) is 24.3 Å². The Morgan fingerprint density at radius 1 is 1.15 bits per heavy atom. The minimum atomic E-state index is -0.300. The molecule has 1 aromatic carbocycles. The minimum absolute atomic E-state index is 0.300. The quantitative estimate of drug-likeness (QED) is 0.717. The molecule has 1 heterocycles. The maximum absolute atomic E-state index is 12.6. The Morgan fingerprint density at radius 2 is 1.89 bits per heavy atom. The van der Waals surface area contributed by atoms with Gasteiger partial charge < -0.3 is 15.4 Å². The minimum Gasteiger partial charge on any atom is -0.495 e. The molecule has 0 spiro atoms. The molecule has 1 aliphatic carbocycles. The number of amides is 1. The first-order valence-electron chi connectivity index (χ1n) is 9.32. The van der Waals surface area contributed by atoms with Crippen molar-refractivity contribution in [1.29, 1.82) is 0 Å². The van der Waals surface area contributed by atoms with E-state index < -0.39 is 0 Å². The van der Waals surface area contributed by atoms with E-state index in [1.54, 1.807) is 31.4 Å². The van der Waals surface area contributed by atoms with Crippen LogP contribution in [-0.2, 0) is 0 Å². The van der Waals surface area contributed by atoms with Crippen LogP contribution in [-0.4, -0.2) is 29.0 Å². The summed E-state index contributed by atoms with van der Waals surface area (Å²) in [6.07, 6.45) is 7.23. The van der Waals surface area contributed by atoms with Gasteiger partial charge in [0, 0.05) is 17.4 Å². The van der Waals surface area contributed by atoms with Crippen molar-refractivity contribution < 1.29 is 9.53 Å². The van der Waals surface area contributed by atoms with Crippen LogP contribution in [0.5, 0.6) is 5.75 Å². The predicted molar refractivity (Wildman–Crippen MR) is 108 cm³/mol. The Hall–Kier alpha value is -2.34. The van der Waals surface area contributed by atoms with Gasteiger partial charge in [0.1, 0.15) is 11.4 Å². The van der Waals surface area contributed by atoms with Crippen LogP contribution in [0.2, 0.25) is 5.02 Å². The van der Waals surface area contributed by atoms with Crippen molar-refractivity contribution in [3.05, 3.63) is 40.7 Å². The number of ether oxygens (including phenoxy) is 1. The molecule has 1 aliphatic rings. The number of nitrogens with zero attached hydrogens (tertiary/aromatic N) is 2. The van der Waals surface area contributed by atoms with E-state index in [-0.39, 0.29) is 5.91 Å². The van der Waals surface area contributed by atoms with Crippen LogP contribution >= 0.6 is 11.6 Å². The van der Waals surface area contributed by atoms with Crippen LogP contribution in [0.4, 0.5) is 11.6 Å². The number of carbonyl (C=O) groups is 1. The SMILES string of the molecule is COc1ccc(NC(=O)c2cc(C)nc(NC3CCCCCC3)n2)cc1Cl. The highest BCUT2D eigenvalue weighted by atomic mass is 35.5. The molecule has 3 rings (SSSR count). The van der Waals surface area contributed by atoms with Crippen molar-refractivity contribution in [3.8, 4) is 5.75 Å². The topological polar surface area (TPSA) is 76.1 Å². The largest absolute Gasteiger partial charge is 0.495 e. The summed E-state index contributed by atoms with van der Waals surface area (Å²) in [5.41, 5.74) is 1.66. The number of anilines is 2. The van der Waals surface area contributed by atoms with Crippen LogP contribution in [0, 0.1) is 6.92 Å². The molecule has 2 aromatic rings. The Kier molecular flexibility index (Phi) is 6.50. The Balaban J connectivity index is 1.72. The van der Waals surface area contributed by atoms with Crippen molar-refractivity contribution in [2.45, 2.75) is 51.5 Å². The Labute approximate surface area is 164 Å². The summed E-state index contributed by atoms with van der Waals surface area (Å²) in [5.74, 6) is 0.771. The number of carbonyl (C=O) groups excluding carboxylic acids is 1. The summed E-state index contributed by atoms with van der Waals surface area (Å²) < 4.78 is 5.13. The third kappa shape index (κ3) is 5.32. The molecule has 2 N–H and O–H groups in total. The molecule has 7 heteroatoms. The lowest BCUT2D eigenvalue weighted by Crippen LogP contribution is -2.22. The number of rotatable bonds is 5. The van der Waals surface area contributed by atoms with E-state index in [1.165, 1.54) is 25.7 Å². The Bertz CT molecular complexity index is 805. The highest BCUT2D eigenvalue weighted by Gasteiger charge is 2.16. The number of hydrogen-bond acceptors (Lipinski definition) is 5. The molecule has 0 aliphatic heterocycles. The van der Waals surface area contributed by atoms with Crippen molar-refractivity contribution in [3.63, 3.8) is 0 Å². The molecule has 1 saturated carbocycles. The van der Waals surface area contributed by atoms with E-state index in [4.69, 9.17) is 16.3 Å². The summed E-state index contributed by atoms with van der Waals surface area (Å²) in [4.78, 5) is 21.5. The number of nitrogens with one attached hydrogen (secondary N) is 2. The molecule has 0 radical (unpaired) electrons. The fourth-order valence-electron chi connectivity index (χ4n) is 3.29. The van der Waals surface area contributed by atoms with Gasteiger partial charge in [-0.25, -0.2) is 9.97 Å². The average molecular weight is 389 g/mol. The second kappa shape index (κ2) is 9.04. The van der Waals surface area contributed by atoms with Gasteiger partial charge in [-0.1, -0.05) is 37.3 Å². The smallest absolute Gasteiger partial charge is 0.274 e. The molecule has 1 fully saturated rings. The van der Waals surface area contributed by atoms with Crippen LogP contribution in [0.25, 0.3) is 0 Å². The van der Waals surface area contributed by atoms with Crippen LogP contribution in [0.3, 0.4) is 0 Å². The lowest BCUT2D eigenvalue weighted by molar-refractivity contribution is 0.102. The molecule has 1 amide bonds. The van der Waals surface area contributed by atoms with Gasteiger partial charge in [0.25, 0.3) is 5.91 Å². The predicted octanol–water partition coefficient (Wildman–Crippen LogP) is 4.83. The van der Waals surface area contributed by atoms with E-state index in [1.807, 2.05) is 6.92 Å². The zero-order valence-electron chi connectivity index (χ0n) is 15.7. The first-order valence-corrected chi connectivity index (χ1v) is 9.70. The number of aromatic nitrogens is 2. The third-order valence-electron chi connectivity index (χ3n) is 4.68. The molecule has 0 bridgehead atoms. The number of methoxy groups -OCH3 is 1. The third-order valence-corrected chi connectivity index (χ3v) is 4.98. The number of benzene rings is 1. The van der Waals surface area contributed by atoms with Gasteiger partial charge in [0.05, 0.1) is 12.1 Å². The van der Waals surface area contributed by atoms with Crippen LogP contribution in [0.1, 0.15) is 54.7 Å². The van der Waals surface area contributed by atoms with Crippen molar-refractivity contribution >= 4 is 29.1 Å². The van der Waals surface area contributed by atoms with Crippen LogP contribution < -0.4 is 15.4 Å². The van der Waals surface area contributed by atoms with Gasteiger partial charge in [-0.2, -0.15) is 0 Å². The lowest BCUT2D eigenvalue weighted by atomic mass is 10.1. The maximum Gasteiger partial charge on any atom is 0.274 e. The van der Waals surface area contributed by atoms with Gasteiger partial charge in [0.15, 0.2) is 0 Å². The second-order valence-corrected chi connectivity index (χ2v) is 7.26. The highest BCUT2D eigenvalue weighted by Crippen LogP contribution is 2.27. The van der Waals surface area contributed by atoms with E-state index >= 15 is 0 Å². The van der Waals surface area contributed by atoms with Gasteiger partial charge >= 0.3 is 0 Å². The summed E-state index contributed by atoms with van der Waals surface area (Å²) in [6, 6.07) is 7.14. The average Bonchev–Trinajstić information content (AvgIpc) is 2.90. The number of aryl methyl sites for hydroxylation is 1. The maximum atomic E-state index is 12.6. The summed E-state index contributed by atoms with van der Waals surface area (Å²) in [7, 11) is 1.55. The summed E-state index contributed by atoms with van der Waals surface area (Å²) >= 11 is 6.12. The van der Waals surface area contributed by atoms with Crippen molar-refractivity contribution in [1.82, 2.24) is 9.97 Å². The molecule has 1 aromatic heterocycles. The van der Waals surface area contributed by atoms with Gasteiger partial charge in [0.2, 0.25) is 5.95 Å². The van der Waals surface area contributed by atoms with Gasteiger partial charge in [-0.3, -0.25) is 4.79 Å². The molecular weight excluding hydrogens is 364 g/mol. The standard InChI is InChI=1S/C20H25ClN4O2/c1-13-11-17(19(26)23-15-9-10-18(27-2)16(21)12-15)25-20(22-13)24-14-7-5-3-4-6-8-14/h9-12,14H,3-8H2,1-2H3,(H,23,26)(H,22,24,25). The fourth-order valence-corrected chi connectivity index (χ4v) is 3.55. The first-order chi connectivity index (χ1) is 13.0. The highest BCUT2D eigenvalue weighted by molar-refractivity contribution is 6.32. The van der Waals surface area contributed by atoms with Gasteiger partial charge in [-0.15, -0.1) is 0 Å². The van der Waals surface area contributed by atoms with Crippen molar-refractivity contribution in [2.75, 3.05) is 17.7 Å². The molecule has 6 nitrogen and oxygen atoms in total. The molecule has 27 heavy (non-hydrogen) atoms. The lowest BCUT2D eigenvalue weighted by Gasteiger charge is -2.17. The normalized spacial score (nSPS) is 15.1. The van der Waals surface area contributed by atoms with E-state index in [2.05, 4.69) is 20.6 Å². The number of hydrogen-bond donors (Lipinski definition) is 2. The van der Waals surface area contributed by atoms with Gasteiger partial charge in [-0.05, 0) is 44.0 Å². The molecule has 0 saturated heterocycles. The van der Waals surface area contributed by atoms with E-state index in [0.29, 0.717) is 34.1 Å². The summed E-state index contributed by atoms with van der Waals surface area (Å²) in [6.45, 7) is 1.86. The van der Waals surface area contributed by atoms with Crippen molar-refractivity contribution in [2.24, 2.45) is 0 Å². The number of halogens is 1. The monoisotopic (exact) mass is 388 g/mol. The van der Waals surface area contributed by atoms with E-state index in [0.717, 1.165) is 18.5 Å². The fraction of sp³-hybridized carbons (Fsp3) is 0.450. The zero-order chi connectivity index (χ0) is 19.2. The molecule has 144 valence electrons. The van der Waals surface area contributed by atoms with E-state index in [9.17, 15) is 4.79 Å². The summed E-state index contributed by atoms with van der Waals surface area (Å²) in [5, 5.41) is 6.66. The molecular formula is C20H25ClN4O2. The molecule has 0 atom stereocenters. The molecule has 0 unspecified atom stereocenters. The zero-order valence-corrected chi connectivity index (χ0v) is 16.5. The first kappa shape index (κ1) is 19.4. The second-order valence-electron chi connectivity index (χ2n) is 6.85. The Morgan fingerprint density at radius 3 is 2.56 bits per heavy atom.